The second-order valence-corrected chi connectivity index (χ2v) is 5.29. The van der Waals surface area contributed by atoms with Crippen LogP contribution in [0.15, 0.2) is 12.1 Å². The van der Waals surface area contributed by atoms with Gasteiger partial charge >= 0.3 is 0 Å². The smallest absolute Gasteiger partial charge is 0.162 e. The quantitative estimate of drug-likeness (QED) is 0.534. The standard InChI is InChI=1S/C17H24O3/c1-5-6-14(11-18)7-8-16(19)15-9-12(2)17(20-4)13(3)10-15/h9-11,14H,5-8H2,1-4H3. The van der Waals surface area contributed by atoms with E-state index in [0.717, 1.165) is 36.0 Å². The number of ether oxygens (including phenoxy) is 1. The fourth-order valence-corrected chi connectivity index (χ4v) is 2.55. The van der Waals surface area contributed by atoms with Crippen LogP contribution in [-0.2, 0) is 4.79 Å². The summed E-state index contributed by atoms with van der Waals surface area (Å²) in [7, 11) is 1.64. The van der Waals surface area contributed by atoms with Crippen molar-refractivity contribution in [2.45, 2.75) is 46.5 Å². The Morgan fingerprint density at radius 1 is 1.25 bits per heavy atom. The van der Waals surface area contributed by atoms with Gasteiger partial charge in [-0.1, -0.05) is 13.3 Å². The molecule has 0 fully saturated rings. The maximum atomic E-state index is 12.2. The van der Waals surface area contributed by atoms with Gasteiger partial charge in [0.15, 0.2) is 5.78 Å². The van der Waals surface area contributed by atoms with E-state index in [9.17, 15) is 9.59 Å². The first kappa shape index (κ1) is 16.4. The fourth-order valence-electron chi connectivity index (χ4n) is 2.55. The Kier molecular flexibility index (Phi) is 6.43. The zero-order valence-electron chi connectivity index (χ0n) is 12.9. The van der Waals surface area contributed by atoms with Crippen LogP contribution in [0, 0.1) is 19.8 Å². The number of benzene rings is 1. The Bertz CT molecular complexity index is 454. The third kappa shape index (κ3) is 4.19. The summed E-state index contributed by atoms with van der Waals surface area (Å²) in [5.74, 6) is 0.935. The van der Waals surface area contributed by atoms with Crippen molar-refractivity contribution in [2.75, 3.05) is 7.11 Å². The molecule has 0 heterocycles. The molecular weight excluding hydrogens is 252 g/mol. The lowest BCUT2D eigenvalue weighted by Crippen LogP contribution is -2.07. The molecule has 0 N–H and O–H groups in total. The van der Waals surface area contributed by atoms with Crippen molar-refractivity contribution in [1.82, 2.24) is 0 Å². The number of ketones is 1. The van der Waals surface area contributed by atoms with Gasteiger partial charge in [-0.25, -0.2) is 0 Å². The Morgan fingerprint density at radius 3 is 2.30 bits per heavy atom. The SMILES string of the molecule is CCCC(C=O)CCC(=O)c1cc(C)c(OC)c(C)c1. The highest BCUT2D eigenvalue weighted by Gasteiger charge is 2.14. The van der Waals surface area contributed by atoms with Gasteiger partial charge in [0.25, 0.3) is 0 Å². The first-order valence-electron chi connectivity index (χ1n) is 7.17. The number of rotatable bonds is 8. The Labute approximate surface area is 121 Å². The van der Waals surface area contributed by atoms with E-state index >= 15 is 0 Å². The molecule has 0 amide bonds. The molecule has 1 aromatic rings. The van der Waals surface area contributed by atoms with Gasteiger partial charge < -0.3 is 9.53 Å². The maximum Gasteiger partial charge on any atom is 0.162 e. The predicted octanol–water partition coefficient (Wildman–Crippen LogP) is 3.89. The zero-order chi connectivity index (χ0) is 15.1. The van der Waals surface area contributed by atoms with Crippen molar-refractivity contribution in [3.63, 3.8) is 0 Å². The van der Waals surface area contributed by atoms with Gasteiger partial charge in [-0.2, -0.15) is 0 Å². The predicted molar refractivity (Wildman–Crippen MR) is 80.5 cm³/mol. The number of carbonyl (C=O) groups excluding carboxylic acids is 2. The molecule has 0 aliphatic heterocycles. The van der Waals surface area contributed by atoms with Crippen LogP contribution in [0.2, 0.25) is 0 Å². The second-order valence-electron chi connectivity index (χ2n) is 5.29. The van der Waals surface area contributed by atoms with Gasteiger partial charge in [-0.3, -0.25) is 4.79 Å². The molecule has 0 aliphatic rings. The number of hydrogen-bond donors (Lipinski definition) is 0. The van der Waals surface area contributed by atoms with Gasteiger partial charge in [0, 0.05) is 17.9 Å². The van der Waals surface area contributed by atoms with Crippen molar-refractivity contribution in [2.24, 2.45) is 5.92 Å². The van der Waals surface area contributed by atoms with Crippen molar-refractivity contribution in [1.29, 1.82) is 0 Å². The molecule has 1 rings (SSSR count). The molecule has 0 saturated heterocycles. The minimum atomic E-state index is 0.00407. The molecule has 0 aliphatic carbocycles. The monoisotopic (exact) mass is 276 g/mol. The van der Waals surface area contributed by atoms with E-state index in [1.54, 1.807) is 7.11 Å². The molecule has 3 nitrogen and oxygen atoms in total. The fraction of sp³-hybridized carbons (Fsp3) is 0.529. The summed E-state index contributed by atoms with van der Waals surface area (Å²) in [5.41, 5.74) is 2.65. The third-order valence-corrected chi connectivity index (χ3v) is 3.58. The molecule has 1 aromatic carbocycles. The van der Waals surface area contributed by atoms with Crippen LogP contribution in [0.25, 0.3) is 0 Å². The van der Waals surface area contributed by atoms with E-state index in [0.29, 0.717) is 18.4 Å². The van der Waals surface area contributed by atoms with Crippen LogP contribution in [-0.4, -0.2) is 19.2 Å². The number of Topliss-reactive ketones (excluding diaryl/α,β-unsaturated/α-hetero) is 1. The Hall–Kier alpha value is -1.64. The lowest BCUT2D eigenvalue weighted by atomic mass is 9.95. The summed E-state index contributed by atoms with van der Waals surface area (Å²) in [6.07, 6.45) is 3.87. The van der Waals surface area contributed by atoms with E-state index < -0.39 is 0 Å². The average Bonchev–Trinajstić information content (AvgIpc) is 2.42. The second kappa shape index (κ2) is 7.83. The molecule has 3 heteroatoms. The van der Waals surface area contributed by atoms with E-state index in [-0.39, 0.29) is 11.7 Å². The first-order chi connectivity index (χ1) is 9.53. The summed E-state index contributed by atoms with van der Waals surface area (Å²) in [4.78, 5) is 23.1. The normalized spacial score (nSPS) is 12.0. The van der Waals surface area contributed by atoms with Gasteiger partial charge in [0.2, 0.25) is 0 Å². The molecular formula is C17H24O3. The van der Waals surface area contributed by atoms with Crippen LogP contribution >= 0.6 is 0 Å². The van der Waals surface area contributed by atoms with E-state index in [4.69, 9.17) is 4.74 Å². The topological polar surface area (TPSA) is 43.4 Å². The molecule has 0 saturated carbocycles. The van der Waals surface area contributed by atoms with Gasteiger partial charge in [-0.15, -0.1) is 0 Å². The number of aryl methyl sites for hydroxylation is 2. The molecule has 0 aromatic heterocycles. The third-order valence-electron chi connectivity index (χ3n) is 3.58. The van der Waals surface area contributed by atoms with Gasteiger partial charge in [0.1, 0.15) is 12.0 Å². The minimum absolute atomic E-state index is 0.00407. The number of carbonyl (C=O) groups is 2. The highest BCUT2D eigenvalue weighted by Crippen LogP contribution is 2.25. The van der Waals surface area contributed by atoms with Crippen molar-refractivity contribution in [3.05, 3.63) is 28.8 Å². The van der Waals surface area contributed by atoms with Crippen molar-refractivity contribution < 1.29 is 14.3 Å². The zero-order valence-corrected chi connectivity index (χ0v) is 12.9. The first-order valence-corrected chi connectivity index (χ1v) is 7.17. The number of hydrogen-bond acceptors (Lipinski definition) is 3. The summed E-state index contributed by atoms with van der Waals surface area (Å²) in [6, 6.07) is 3.73. The highest BCUT2D eigenvalue weighted by atomic mass is 16.5. The Morgan fingerprint density at radius 2 is 1.85 bits per heavy atom. The maximum absolute atomic E-state index is 12.2. The lowest BCUT2D eigenvalue weighted by Gasteiger charge is -2.12. The largest absolute Gasteiger partial charge is 0.496 e. The Balaban J connectivity index is 2.75. The van der Waals surface area contributed by atoms with Crippen LogP contribution in [0.1, 0.15) is 54.1 Å². The van der Waals surface area contributed by atoms with Gasteiger partial charge in [0.05, 0.1) is 7.11 Å². The van der Waals surface area contributed by atoms with Crippen molar-refractivity contribution >= 4 is 12.1 Å². The van der Waals surface area contributed by atoms with Gasteiger partial charge in [-0.05, 0) is 49.9 Å². The van der Waals surface area contributed by atoms with Crippen LogP contribution in [0.5, 0.6) is 5.75 Å². The van der Waals surface area contributed by atoms with E-state index in [1.807, 2.05) is 26.0 Å². The summed E-state index contributed by atoms with van der Waals surface area (Å²) >= 11 is 0. The van der Waals surface area contributed by atoms with E-state index in [2.05, 4.69) is 6.92 Å². The molecule has 0 bridgehead atoms. The minimum Gasteiger partial charge on any atom is -0.496 e. The number of methoxy groups -OCH3 is 1. The summed E-state index contributed by atoms with van der Waals surface area (Å²) in [6.45, 7) is 5.93. The number of aldehydes is 1. The molecule has 1 atom stereocenters. The summed E-state index contributed by atoms with van der Waals surface area (Å²) < 4.78 is 5.30. The molecule has 1 unspecified atom stereocenters. The molecule has 0 radical (unpaired) electrons. The van der Waals surface area contributed by atoms with Crippen LogP contribution in [0.3, 0.4) is 0 Å². The van der Waals surface area contributed by atoms with E-state index in [1.165, 1.54) is 0 Å². The average molecular weight is 276 g/mol. The lowest BCUT2D eigenvalue weighted by molar-refractivity contribution is -0.111. The molecule has 0 spiro atoms. The van der Waals surface area contributed by atoms with Crippen molar-refractivity contribution in [3.8, 4) is 5.75 Å². The highest BCUT2D eigenvalue weighted by molar-refractivity contribution is 5.96. The van der Waals surface area contributed by atoms with Crippen LogP contribution in [0.4, 0.5) is 0 Å². The summed E-state index contributed by atoms with van der Waals surface area (Å²) in [5, 5.41) is 0. The molecule has 20 heavy (non-hydrogen) atoms. The molecule has 110 valence electrons. The van der Waals surface area contributed by atoms with Crippen LogP contribution < -0.4 is 4.74 Å².